The number of nitrogens with zero attached hydrogens (tertiary/aromatic N) is 2. The number of aliphatic hydroxyl groups excluding tert-OH is 1. The van der Waals surface area contributed by atoms with E-state index in [0.29, 0.717) is 30.6 Å². The number of nitrogens with one attached hydrogen (secondary N) is 3. The summed E-state index contributed by atoms with van der Waals surface area (Å²) >= 11 is 1.50. The van der Waals surface area contributed by atoms with E-state index in [1.165, 1.54) is 18.3 Å². The average Bonchev–Trinajstić information content (AvgIpc) is 3.44. The lowest BCUT2D eigenvalue weighted by molar-refractivity contribution is -0.114. The third-order valence-corrected chi connectivity index (χ3v) is 8.47. The van der Waals surface area contributed by atoms with Crippen LogP contribution in [0.3, 0.4) is 0 Å². The molecule has 0 spiro atoms. The first-order valence-electron chi connectivity index (χ1n) is 15.4. The van der Waals surface area contributed by atoms with Gasteiger partial charge in [-0.3, -0.25) is 14.4 Å². The molecular weight excluding hydrogens is 598 g/mol. The van der Waals surface area contributed by atoms with E-state index in [9.17, 15) is 19.5 Å². The van der Waals surface area contributed by atoms with Crippen molar-refractivity contribution in [1.29, 1.82) is 0 Å². The van der Waals surface area contributed by atoms with E-state index in [-0.39, 0.29) is 30.2 Å². The Morgan fingerprint density at radius 2 is 1.70 bits per heavy atom. The third kappa shape index (κ3) is 10.1. The summed E-state index contributed by atoms with van der Waals surface area (Å²) in [6.07, 6.45) is -0.496. The number of rotatable bonds is 14. The highest BCUT2D eigenvalue weighted by atomic mass is 32.1. The van der Waals surface area contributed by atoms with Crippen LogP contribution in [0.15, 0.2) is 78.2 Å². The minimum atomic E-state index is -0.912. The summed E-state index contributed by atoms with van der Waals surface area (Å²) < 4.78 is 0. The van der Waals surface area contributed by atoms with Crippen LogP contribution in [0.5, 0.6) is 0 Å². The zero-order valence-corrected chi connectivity index (χ0v) is 27.9. The number of carbonyl (C=O) groups is 3. The minimum absolute atomic E-state index is 0.137. The molecule has 0 saturated heterocycles. The fraction of sp³-hybridized carbons (Fsp3) is 0.333. The van der Waals surface area contributed by atoms with Crippen molar-refractivity contribution >= 4 is 34.7 Å². The van der Waals surface area contributed by atoms with E-state index in [0.717, 1.165) is 33.1 Å². The predicted octanol–water partition coefficient (Wildman–Crippen LogP) is 5.30. The minimum Gasteiger partial charge on any atom is -0.390 e. The molecule has 46 heavy (non-hydrogen) atoms. The standard InChI is InChI=1S/C36H43N5O4S/c1-23(2)30-14-27(15-31(18-30)39-25(4)42)19-37-20-33(43)32(16-26-10-7-6-8-11-26)40-35(44)28-12-9-13-29(17-28)36(45)41(5)21-34-38-24(3)22-46-34/h6-15,17-18,22-23,32-33,37,43H,16,19-21H2,1-5H3,(H,39,42)(H,40,44)/t32-,33+/m0/s1. The Labute approximate surface area is 275 Å². The molecule has 2 atom stereocenters. The summed E-state index contributed by atoms with van der Waals surface area (Å²) in [6.45, 7) is 8.65. The van der Waals surface area contributed by atoms with E-state index >= 15 is 0 Å². The molecule has 9 nitrogen and oxygen atoms in total. The van der Waals surface area contributed by atoms with Crippen molar-refractivity contribution in [3.63, 3.8) is 0 Å². The number of benzene rings is 3. The molecule has 1 heterocycles. The van der Waals surface area contributed by atoms with Crippen LogP contribution < -0.4 is 16.0 Å². The average molecular weight is 642 g/mol. The largest absolute Gasteiger partial charge is 0.390 e. The van der Waals surface area contributed by atoms with Crippen molar-refractivity contribution in [3.05, 3.63) is 117 Å². The van der Waals surface area contributed by atoms with Gasteiger partial charge < -0.3 is 26.0 Å². The molecule has 3 amide bonds. The molecule has 0 saturated carbocycles. The summed E-state index contributed by atoms with van der Waals surface area (Å²) in [4.78, 5) is 44.3. The van der Waals surface area contributed by atoms with Gasteiger partial charge in [0.25, 0.3) is 11.8 Å². The van der Waals surface area contributed by atoms with Crippen molar-refractivity contribution in [3.8, 4) is 0 Å². The van der Waals surface area contributed by atoms with E-state index < -0.39 is 12.1 Å². The molecule has 0 fully saturated rings. The molecule has 0 bridgehead atoms. The Hall–Kier alpha value is -4.38. The zero-order valence-electron chi connectivity index (χ0n) is 27.0. The molecule has 0 unspecified atom stereocenters. The molecule has 4 N–H and O–H groups in total. The Morgan fingerprint density at radius 1 is 0.957 bits per heavy atom. The topological polar surface area (TPSA) is 124 Å². The highest BCUT2D eigenvalue weighted by Gasteiger charge is 2.23. The molecule has 242 valence electrons. The van der Waals surface area contributed by atoms with Crippen molar-refractivity contribution < 1.29 is 19.5 Å². The van der Waals surface area contributed by atoms with Crippen LogP contribution in [-0.2, 0) is 24.3 Å². The summed E-state index contributed by atoms with van der Waals surface area (Å²) in [5, 5.41) is 23.3. The molecule has 4 rings (SSSR count). The first-order valence-corrected chi connectivity index (χ1v) is 16.3. The summed E-state index contributed by atoms with van der Waals surface area (Å²) in [7, 11) is 1.71. The molecule has 4 aromatic rings. The number of hydrogen-bond donors (Lipinski definition) is 4. The van der Waals surface area contributed by atoms with Crippen LogP contribution in [0.25, 0.3) is 0 Å². The Balaban J connectivity index is 1.44. The number of hydrogen-bond acceptors (Lipinski definition) is 7. The predicted molar refractivity (Wildman–Crippen MR) is 183 cm³/mol. The maximum atomic E-state index is 13.5. The summed E-state index contributed by atoms with van der Waals surface area (Å²) in [5.41, 5.74) is 5.42. The number of aromatic nitrogens is 1. The van der Waals surface area contributed by atoms with E-state index in [4.69, 9.17) is 0 Å². The maximum absolute atomic E-state index is 13.5. The Kier molecular flexibility index (Phi) is 12.2. The van der Waals surface area contributed by atoms with Crippen LogP contribution in [0, 0.1) is 6.92 Å². The molecule has 0 radical (unpaired) electrons. The van der Waals surface area contributed by atoms with Gasteiger partial charge in [0.15, 0.2) is 0 Å². The second-order valence-electron chi connectivity index (χ2n) is 11.9. The molecule has 0 aliphatic heterocycles. The van der Waals surface area contributed by atoms with Gasteiger partial charge in [0.2, 0.25) is 5.91 Å². The van der Waals surface area contributed by atoms with Crippen LogP contribution in [0.4, 0.5) is 5.69 Å². The van der Waals surface area contributed by atoms with Gasteiger partial charge in [0.05, 0.1) is 18.7 Å². The molecule has 0 aliphatic carbocycles. The smallest absolute Gasteiger partial charge is 0.253 e. The van der Waals surface area contributed by atoms with Gasteiger partial charge in [-0.05, 0) is 66.3 Å². The highest BCUT2D eigenvalue weighted by Crippen LogP contribution is 2.22. The van der Waals surface area contributed by atoms with Crippen molar-refractivity contribution in [2.24, 2.45) is 0 Å². The molecular formula is C36H43N5O4S. The Morgan fingerprint density at radius 3 is 2.37 bits per heavy atom. The Bertz CT molecular complexity index is 1640. The fourth-order valence-electron chi connectivity index (χ4n) is 5.10. The number of amides is 3. The zero-order chi connectivity index (χ0) is 33.2. The number of aryl methyl sites for hydroxylation is 1. The lowest BCUT2D eigenvalue weighted by atomic mass is 9.99. The van der Waals surface area contributed by atoms with Crippen LogP contribution >= 0.6 is 11.3 Å². The molecule has 0 aliphatic rings. The molecule has 10 heteroatoms. The SMILES string of the molecule is CC(=O)Nc1cc(CNC[C@@H](O)[C@H](Cc2ccccc2)NC(=O)c2cccc(C(=O)N(C)Cc3nc(C)cs3)c2)cc(C(C)C)c1. The number of thiazole rings is 1. The number of carbonyl (C=O) groups excluding carboxylic acids is 3. The highest BCUT2D eigenvalue weighted by molar-refractivity contribution is 7.09. The third-order valence-electron chi connectivity index (χ3n) is 7.52. The van der Waals surface area contributed by atoms with Gasteiger partial charge >= 0.3 is 0 Å². The van der Waals surface area contributed by atoms with Crippen molar-refractivity contribution in [2.75, 3.05) is 18.9 Å². The van der Waals surface area contributed by atoms with E-state index in [1.54, 1.807) is 36.2 Å². The van der Waals surface area contributed by atoms with E-state index in [1.807, 2.05) is 54.8 Å². The van der Waals surface area contributed by atoms with Gasteiger partial charge in [-0.1, -0.05) is 56.3 Å². The first kappa shape index (κ1) is 34.5. The van der Waals surface area contributed by atoms with Gasteiger partial charge in [-0.25, -0.2) is 4.98 Å². The number of anilines is 1. The second-order valence-corrected chi connectivity index (χ2v) is 12.8. The summed E-state index contributed by atoms with van der Waals surface area (Å²) in [6, 6.07) is 21.7. The quantitative estimate of drug-likeness (QED) is 0.148. The van der Waals surface area contributed by atoms with E-state index in [2.05, 4.69) is 40.8 Å². The monoisotopic (exact) mass is 641 g/mol. The normalized spacial score (nSPS) is 12.4. The van der Waals surface area contributed by atoms with Crippen molar-refractivity contribution in [2.45, 2.75) is 65.3 Å². The fourth-order valence-corrected chi connectivity index (χ4v) is 5.93. The lowest BCUT2D eigenvalue weighted by Crippen LogP contribution is -2.48. The lowest BCUT2D eigenvalue weighted by Gasteiger charge is -2.25. The molecule has 1 aromatic heterocycles. The molecule has 3 aromatic carbocycles. The van der Waals surface area contributed by atoms with Crippen molar-refractivity contribution in [1.82, 2.24) is 20.5 Å². The second kappa shape index (κ2) is 16.3. The number of aliphatic hydroxyl groups is 1. The van der Waals surface area contributed by atoms with Gasteiger partial charge in [-0.15, -0.1) is 11.3 Å². The van der Waals surface area contributed by atoms with Gasteiger partial charge in [-0.2, -0.15) is 0 Å². The van der Waals surface area contributed by atoms with Crippen LogP contribution in [0.2, 0.25) is 0 Å². The van der Waals surface area contributed by atoms with Crippen LogP contribution in [0.1, 0.15) is 74.8 Å². The maximum Gasteiger partial charge on any atom is 0.253 e. The summed E-state index contributed by atoms with van der Waals surface area (Å²) in [5.74, 6) is -0.449. The first-order chi connectivity index (χ1) is 22.0. The van der Waals surface area contributed by atoms with Crippen LogP contribution in [-0.4, -0.2) is 58.5 Å². The van der Waals surface area contributed by atoms with Gasteiger partial charge in [0.1, 0.15) is 5.01 Å². The van der Waals surface area contributed by atoms with Gasteiger partial charge in [0, 0.05) is 54.9 Å².